The summed E-state index contributed by atoms with van der Waals surface area (Å²) in [6.45, 7) is 0. The minimum atomic E-state index is 0. The zero-order valence-corrected chi connectivity index (χ0v) is 14.5. The van der Waals surface area contributed by atoms with Gasteiger partial charge in [0.25, 0.3) is 0 Å². The van der Waals surface area contributed by atoms with Crippen molar-refractivity contribution in [2.24, 2.45) is 0 Å². The molecule has 1 radical (unpaired) electrons. The van der Waals surface area contributed by atoms with Crippen LogP contribution in [0, 0.1) is 0 Å². The average Bonchev–Trinajstić information content (AvgIpc) is 0. The molecule has 7 heavy (non-hydrogen) atoms. The third kappa shape index (κ3) is 43.4. The van der Waals surface area contributed by atoms with Crippen molar-refractivity contribution in [2.75, 3.05) is 0 Å². The van der Waals surface area contributed by atoms with Crippen LogP contribution in [0.2, 0.25) is 0 Å². The third-order valence-corrected chi connectivity index (χ3v) is 0. The molecule has 57 valence electrons. The molecule has 0 aliphatic rings. The Balaban J connectivity index is 0. The smallest absolute Gasteiger partial charge is 0 e. The average molecular weight is 672 g/mol. The van der Waals surface area contributed by atoms with Crippen LogP contribution in [0.5, 0.6) is 0 Å². The summed E-state index contributed by atoms with van der Waals surface area (Å²) in [5.41, 5.74) is 0. The summed E-state index contributed by atoms with van der Waals surface area (Å²) in [6.07, 6.45) is 0. The van der Waals surface area contributed by atoms with E-state index in [9.17, 15) is 0 Å². The van der Waals surface area contributed by atoms with Crippen LogP contribution < -0.4 is 102 Å². The Bertz CT molecular complexity index is 4.14. The summed E-state index contributed by atoms with van der Waals surface area (Å²) in [5.74, 6) is 0. The fraction of sp³-hybridized carbons (Fsp3) is 0. The second-order valence-electron chi connectivity index (χ2n) is 0. The van der Waals surface area contributed by atoms with Gasteiger partial charge in [0.15, 0.2) is 0 Å². The molecule has 0 rings (SSSR count). The minimum absolute atomic E-state index is 0. The topological polar surface area (TPSA) is 0 Å². The van der Waals surface area contributed by atoms with Crippen molar-refractivity contribution in [3.63, 3.8) is 0 Å². The molecule has 0 fully saturated rings. The van der Waals surface area contributed by atoms with Gasteiger partial charge in [0, 0.05) is 20.1 Å². The van der Waals surface area contributed by atoms with E-state index in [-0.39, 0.29) is 122 Å². The van der Waals surface area contributed by atoms with Crippen LogP contribution in [0.4, 0.5) is 0 Å². The van der Waals surface area contributed by atoms with Gasteiger partial charge in [-0.25, -0.2) is 0 Å². The van der Waals surface area contributed by atoms with Gasteiger partial charge < -0.3 is 102 Å². The molecule has 0 saturated carbocycles. The largest absolute Gasteiger partial charge is 1.00 e. The van der Waals surface area contributed by atoms with Crippen LogP contribution in [0.1, 0.15) is 0 Å². The van der Waals surface area contributed by atoms with Crippen LogP contribution >= 0.6 is 0 Å². The van der Waals surface area contributed by atoms with Gasteiger partial charge in [-0.2, -0.15) is 0 Å². The van der Waals surface area contributed by atoms with Crippen molar-refractivity contribution in [3.8, 4) is 0 Å². The molecule has 0 aliphatic carbocycles. The maximum Gasteiger partial charge on any atom is 0 e. The van der Waals surface area contributed by atoms with Crippen LogP contribution in [0.3, 0.4) is 0 Å². The first-order chi connectivity index (χ1) is 0. The first-order valence-electron chi connectivity index (χ1n) is 0. The maximum absolute atomic E-state index is 0. The molecule has 7 heteroatoms. The van der Waals surface area contributed by atoms with Crippen molar-refractivity contribution in [2.45, 2.75) is 0 Å². The summed E-state index contributed by atoms with van der Waals surface area (Å²) in [6, 6.07) is 0. The molecule has 0 heterocycles. The molecule has 0 aromatic rings. The van der Waals surface area contributed by atoms with E-state index in [0.717, 1.165) is 0 Å². The number of rotatable bonds is 0. The Labute approximate surface area is 120 Å². The summed E-state index contributed by atoms with van der Waals surface area (Å²) >= 11 is 0. The van der Waals surface area contributed by atoms with E-state index >= 15 is 0 Å². The van der Waals surface area contributed by atoms with E-state index in [2.05, 4.69) is 0 Å². The molecule has 0 spiro atoms. The maximum atomic E-state index is 0. The van der Waals surface area contributed by atoms with Gasteiger partial charge >= 0.3 is 0 Å². The van der Waals surface area contributed by atoms with E-state index in [1.807, 2.05) is 0 Å². The molecule has 0 aliphatic heterocycles. The Hall–Kier alpha value is 3.53. The molecule has 0 atom stereocenters. The molecular weight excluding hydrogens is 672 g/mol. The van der Waals surface area contributed by atoms with Crippen molar-refractivity contribution in [3.05, 3.63) is 0 Å². The molecule has 0 nitrogen and oxygen atoms in total. The second kappa shape index (κ2) is 55.7. The van der Waals surface area contributed by atoms with Crippen LogP contribution in [-0.4, -0.2) is 0 Å². The van der Waals surface area contributed by atoms with Gasteiger partial charge in [-0.15, -0.1) is 0 Å². The Morgan fingerprint density at radius 1 is 0.286 bits per heavy atom. The molecule has 0 aromatic heterocycles. The van der Waals surface area contributed by atoms with Gasteiger partial charge in [0.1, 0.15) is 0 Å². The van der Waals surface area contributed by atoms with Gasteiger partial charge in [-0.3, -0.25) is 0 Å². The molecule has 0 unspecified atom stereocenters. The molecule has 0 saturated heterocycles. The van der Waals surface area contributed by atoms with Gasteiger partial charge in [0.05, 0.1) is 0 Å². The Morgan fingerprint density at radius 3 is 0.286 bits per heavy atom. The zero-order chi connectivity index (χ0) is 0. The van der Waals surface area contributed by atoms with E-state index in [1.54, 1.807) is 0 Å². The standard InChI is InChI=1S/6BrH.Ir/h6*1H;/p-6. The van der Waals surface area contributed by atoms with E-state index in [4.69, 9.17) is 0 Å². The Kier molecular flexibility index (Phi) is 610. The molecule has 0 bridgehead atoms. The van der Waals surface area contributed by atoms with E-state index in [1.165, 1.54) is 0 Å². The van der Waals surface area contributed by atoms with E-state index in [0.29, 0.717) is 0 Å². The van der Waals surface area contributed by atoms with Crippen LogP contribution in [0.25, 0.3) is 0 Å². The minimum Gasteiger partial charge on any atom is -1.00 e. The molecule has 0 amide bonds. The number of hydrogen-bond donors (Lipinski definition) is 0. The van der Waals surface area contributed by atoms with E-state index < -0.39 is 0 Å². The first kappa shape index (κ1) is 76.8. The zero-order valence-electron chi connectivity index (χ0n) is 2.60. The van der Waals surface area contributed by atoms with Gasteiger partial charge in [-0.1, -0.05) is 0 Å². The number of hydrogen-bond acceptors (Lipinski definition) is 0. The molecular formula is Br6Ir-6. The molecule has 0 aromatic carbocycles. The predicted octanol–water partition coefficient (Wildman–Crippen LogP) is -18.0. The van der Waals surface area contributed by atoms with Gasteiger partial charge in [0.2, 0.25) is 0 Å². The summed E-state index contributed by atoms with van der Waals surface area (Å²) in [7, 11) is 0. The Morgan fingerprint density at radius 2 is 0.286 bits per heavy atom. The summed E-state index contributed by atoms with van der Waals surface area (Å²) in [4.78, 5) is 0. The van der Waals surface area contributed by atoms with Crippen molar-refractivity contribution in [1.29, 1.82) is 0 Å². The fourth-order valence-electron chi connectivity index (χ4n) is 0. The normalized spacial score (nSPS) is 0. The van der Waals surface area contributed by atoms with Crippen molar-refractivity contribution in [1.82, 2.24) is 0 Å². The number of halogens is 6. The fourth-order valence-corrected chi connectivity index (χ4v) is 0. The van der Waals surface area contributed by atoms with Crippen LogP contribution in [0.15, 0.2) is 0 Å². The summed E-state index contributed by atoms with van der Waals surface area (Å²) < 4.78 is 0. The predicted molar refractivity (Wildman–Crippen MR) is 0 cm³/mol. The monoisotopic (exact) mass is 666 g/mol. The van der Waals surface area contributed by atoms with Gasteiger partial charge in [-0.05, 0) is 0 Å². The van der Waals surface area contributed by atoms with Crippen molar-refractivity contribution < 1.29 is 122 Å². The summed E-state index contributed by atoms with van der Waals surface area (Å²) in [5, 5.41) is 0. The molecule has 0 N–H and O–H groups in total. The quantitative estimate of drug-likeness (QED) is 0.240. The van der Waals surface area contributed by atoms with Crippen LogP contribution in [-0.2, 0) is 20.1 Å². The first-order valence-corrected chi connectivity index (χ1v) is 0. The SMILES string of the molecule is [Br-].[Br-].[Br-].[Br-].[Br-].[Br-].[Ir]. The third-order valence-electron chi connectivity index (χ3n) is 0. The van der Waals surface area contributed by atoms with Crippen molar-refractivity contribution >= 4 is 0 Å². The second-order valence-corrected chi connectivity index (χ2v) is 0.